The second kappa shape index (κ2) is 7.25. The van der Waals surface area contributed by atoms with Gasteiger partial charge in [0.1, 0.15) is 18.0 Å². The molecule has 3 rings (SSSR count). The van der Waals surface area contributed by atoms with Gasteiger partial charge in [-0.25, -0.2) is 4.79 Å². The van der Waals surface area contributed by atoms with Gasteiger partial charge < -0.3 is 14.9 Å². The van der Waals surface area contributed by atoms with Crippen LogP contribution >= 0.6 is 0 Å². The number of hydrogen-bond acceptors (Lipinski definition) is 5. The Morgan fingerprint density at radius 2 is 2.04 bits per heavy atom. The van der Waals surface area contributed by atoms with Crippen molar-refractivity contribution in [2.45, 2.75) is 39.1 Å². The van der Waals surface area contributed by atoms with Crippen LogP contribution in [-0.2, 0) is 13.1 Å². The molecule has 7 nitrogen and oxygen atoms in total. The first-order valence-corrected chi connectivity index (χ1v) is 8.39. The normalized spacial score (nSPS) is 20.8. The SMILES string of the molecule is CCn1cc(CN2C[C@@H](O)[C@H](Oc3ccc(C(=O)O)cc3)C2)c(C)n1. The van der Waals surface area contributed by atoms with Gasteiger partial charge in [0.05, 0.1) is 11.3 Å². The van der Waals surface area contributed by atoms with Crippen molar-refractivity contribution >= 4 is 5.97 Å². The molecule has 0 saturated carbocycles. The third kappa shape index (κ3) is 4.00. The number of aromatic carboxylic acids is 1. The number of aryl methyl sites for hydroxylation is 2. The van der Waals surface area contributed by atoms with Crippen molar-refractivity contribution < 1.29 is 19.7 Å². The number of benzene rings is 1. The van der Waals surface area contributed by atoms with Crippen molar-refractivity contribution in [1.29, 1.82) is 0 Å². The van der Waals surface area contributed by atoms with Crippen molar-refractivity contribution in [3.63, 3.8) is 0 Å². The zero-order chi connectivity index (χ0) is 18.0. The second-order valence-corrected chi connectivity index (χ2v) is 6.34. The van der Waals surface area contributed by atoms with E-state index in [9.17, 15) is 9.90 Å². The minimum Gasteiger partial charge on any atom is -0.486 e. The molecule has 1 aliphatic rings. The minimum absolute atomic E-state index is 0.212. The van der Waals surface area contributed by atoms with Gasteiger partial charge in [-0.05, 0) is 38.1 Å². The lowest BCUT2D eigenvalue weighted by atomic mass is 10.2. The summed E-state index contributed by atoms with van der Waals surface area (Å²) in [5.74, 6) is -0.410. The second-order valence-electron chi connectivity index (χ2n) is 6.34. The van der Waals surface area contributed by atoms with Crippen molar-refractivity contribution in [3.05, 3.63) is 47.3 Å². The fourth-order valence-corrected chi connectivity index (χ4v) is 3.05. The number of likely N-dealkylation sites (tertiary alicyclic amines) is 1. The quantitative estimate of drug-likeness (QED) is 0.826. The van der Waals surface area contributed by atoms with Gasteiger partial charge in [-0.2, -0.15) is 5.10 Å². The largest absolute Gasteiger partial charge is 0.486 e. The standard InChI is InChI=1S/C18H23N3O4/c1-3-21-9-14(12(2)19-21)8-20-10-16(22)17(11-20)25-15-6-4-13(5-7-15)18(23)24/h4-7,9,16-17,22H,3,8,10-11H2,1-2H3,(H,23,24)/t16-,17-/m1/s1. The topological polar surface area (TPSA) is 87.8 Å². The maximum Gasteiger partial charge on any atom is 0.335 e. The highest BCUT2D eigenvalue weighted by Crippen LogP contribution is 2.21. The first-order valence-electron chi connectivity index (χ1n) is 8.39. The third-order valence-electron chi connectivity index (χ3n) is 4.47. The number of nitrogens with zero attached hydrogens (tertiary/aromatic N) is 3. The number of carbonyl (C=O) groups is 1. The van der Waals surface area contributed by atoms with Crippen molar-refractivity contribution in [2.75, 3.05) is 13.1 Å². The number of carboxylic acid groups (broad SMARTS) is 1. The molecule has 2 atom stereocenters. The van der Waals surface area contributed by atoms with Gasteiger partial charge in [0.2, 0.25) is 0 Å². The molecule has 0 unspecified atom stereocenters. The molecule has 0 aliphatic carbocycles. The van der Waals surface area contributed by atoms with Crippen LogP contribution in [0.5, 0.6) is 5.75 Å². The predicted octanol–water partition coefficient (Wildman–Crippen LogP) is 1.53. The maximum absolute atomic E-state index is 10.9. The van der Waals surface area contributed by atoms with Crippen molar-refractivity contribution in [2.24, 2.45) is 0 Å². The van der Waals surface area contributed by atoms with E-state index >= 15 is 0 Å². The van der Waals surface area contributed by atoms with Crippen LogP contribution in [0.15, 0.2) is 30.5 Å². The number of rotatable bonds is 6. The summed E-state index contributed by atoms with van der Waals surface area (Å²) in [6.45, 7) is 6.75. The molecule has 2 aromatic rings. The monoisotopic (exact) mass is 345 g/mol. The Morgan fingerprint density at radius 1 is 1.32 bits per heavy atom. The Labute approximate surface area is 146 Å². The van der Waals surface area contributed by atoms with E-state index in [1.807, 2.05) is 17.8 Å². The minimum atomic E-state index is -0.971. The number of β-amino-alcohol motifs (C(OH)–C–C–N with tert-alkyl or cyclic N) is 1. The molecule has 1 aromatic carbocycles. The first kappa shape index (κ1) is 17.4. The molecule has 0 spiro atoms. The zero-order valence-electron chi connectivity index (χ0n) is 14.4. The van der Waals surface area contributed by atoms with Gasteiger partial charge in [0, 0.05) is 37.9 Å². The maximum atomic E-state index is 10.9. The van der Waals surface area contributed by atoms with E-state index in [-0.39, 0.29) is 11.7 Å². The van der Waals surface area contributed by atoms with E-state index in [0.29, 0.717) is 18.8 Å². The molecule has 1 aliphatic heterocycles. The van der Waals surface area contributed by atoms with Crippen LogP contribution in [-0.4, -0.2) is 56.2 Å². The summed E-state index contributed by atoms with van der Waals surface area (Å²) >= 11 is 0. The van der Waals surface area contributed by atoms with Crippen LogP contribution in [0.4, 0.5) is 0 Å². The highest BCUT2D eigenvalue weighted by atomic mass is 16.5. The van der Waals surface area contributed by atoms with E-state index < -0.39 is 12.1 Å². The van der Waals surface area contributed by atoms with Crippen LogP contribution < -0.4 is 4.74 Å². The Morgan fingerprint density at radius 3 is 2.64 bits per heavy atom. The van der Waals surface area contributed by atoms with Crippen LogP contribution in [0, 0.1) is 6.92 Å². The summed E-state index contributed by atoms with van der Waals surface area (Å²) in [6, 6.07) is 6.24. The molecule has 1 aromatic heterocycles. The molecule has 0 radical (unpaired) electrons. The van der Waals surface area contributed by atoms with Crippen LogP contribution in [0.2, 0.25) is 0 Å². The molecular weight excluding hydrogens is 322 g/mol. The summed E-state index contributed by atoms with van der Waals surface area (Å²) in [7, 11) is 0. The average Bonchev–Trinajstić information content (AvgIpc) is 3.11. The molecule has 1 fully saturated rings. The summed E-state index contributed by atoms with van der Waals surface area (Å²) in [5, 5.41) is 23.7. The fraction of sp³-hybridized carbons (Fsp3) is 0.444. The van der Waals surface area contributed by atoms with Crippen LogP contribution in [0.1, 0.15) is 28.5 Å². The van der Waals surface area contributed by atoms with E-state index in [1.165, 1.54) is 12.1 Å². The predicted molar refractivity (Wildman–Crippen MR) is 91.7 cm³/mol. The molecular formula is C18H23N3O4. The number of aliphatic hydroxyl groups excluding tert-OH is 1. The summed E-state index contributed by atoms with van der Waals surface area (Å²) in [5.41, 5.74) is 2.37. The molecule has 2 heterocycles. The Hall–Kier alpha value is -2.38. The number of carboxylic acids is 1. The van der Waals surface area contributed by atoms with Gasteiger partial charge in [-0.1, -0.05) is 0 Å². The molecule has 2 N–H and O–H groups in total. The molecule has 25 heavy (non-hydrogen) atoms. The zero-order valence-corrected chi connectivity index (χ0v) is 14.4. The first-order chi connectivity index (χ1) is 12.0. The lowest BCUT2D eigenvalue weighted by Gasteiger charge is -2.17. The Bertz CT molecular complexity index is 741. The van der Waals surface area contributed by atoms with E-state index in [0.717, 1.165) is 24.3 Å². The van der Waals surface area contributed by atoms with E-state index in [2.05, 4.69) is 16.9 Å². The molecule has 7 heteroatoms. The van der Waals surface area contributed by atoms with Gasteiger partial charge in [0.15, 0.2) is 0 Å². The number of ether oxygens (including phenoxy) is 1. The third-order valence-corrected chi connectivity index (χ3v) is 4.47. The highest BCUT2D eigenvalue weighted by molar-refractivity contribution is 5.87. The van der Waals surface area contributed by atoms with Crippen LogP contribution in [0.3, 0.4) is 0 Å². The number of aliphatic hydroxyl groups is 1. The summed E-state index contributed by atoms with van der Waals surface area (Å²) in [6.07, 6.45) is 1.12. The molecule has 0 amide bonds. The highest BCUT2D eigenvalue weighted by Gasteiger charge is 2.33. The Kier molecular flexibility index (Phi) is 5.06. The van der Waals surface area contributed by atoms with E-state index in [1.54, 1.807) is 12.1 Å². The number of aromatic nitrogens is 2. The smallest absolute Gasteiger partial charge is 0.335 e. The molecule has 134 valence electrons. The van der Waals surface area contributed by atoms with Crippen LogP contribution in [0.25, 0.3) is 0 Å². The van der Waals surface area contributed by atoms with Crippen molar-refractivity contribution in [3.8, 4) is 5.75 Å². The van der Waals surface area contributed by atoms with Gasteiger partial charge >= 0.3 is 5.97 Å². The number of hydrogen-bond donors (Lipinski definition) is 2. The Balaban J connectivity index is 1.61. The van der Waals surface area contributed by atoms with Gasteiger partial charge in [0.25, 0.3) is 0 Å². The van der Waals surface area contributed by atoms with Gasteiger partial charge in [-0.15, -0.1) is 0 Å². The lowest BCUT2D eigenvalue weighted by Crippen LogP contribution is -2.29. The van der Waals surface area contributed by atoms with Gasteiger partial charge in [-0.3, -0.25) is 9.58 Å². The molecule has 1 saturated heterocycles. The summed E-state index contributed by atoms with van der Waals surface area (Å²) < 4.78 is 7.75. The average molecular weight is 345 g/mol. The van der Waals surface area contributed by atoms with Crippen molar-refractivity contribution in [1.82, 2.24) is 14.7 Å². The fourth-order valence-electron chi connectivity index (χ4n) is 3.05. The molecule has 0 bridgehead atoms. The summed E-state index contributed by atoms with van der Waals surface area (Å²) in [4.78, 5) is 13.0. The van der Waals surface area contributed by atoms with E-state index in [4.69, 9.17) is 9.84 Å². The lowest BCUT2D eigenvalue weighted by molar-refractivity contribution is 0.0693.